The third-order valence-corrected chi connectivity index (χ3v) is 4.11. The standard InChI is InChI=1S/C18H26F3N3/c1-3-5-6-13(4-2)7-8-14-9-10-24-16(11-14)15(22)12-17(23)18(19,20)21/h9-13,22H,3-8,23H2,1-2H3. The number of hydrogen-bond donors (Lipinski definition) is 2. The molecule has 0 bridgehead atoms. The van der Waals surface area contributed by atoms with Crippen LogP contribution in [0, 0.1) is 11.3 Å². The fourth-order valence-electron chi connectivity index (χ4n) is 2.50. The highest BCUT2D eigenvalue weighted by Gasteiger charge is 2.31. The van der Waals surface area contributed by atoms with Gasteiger partial charge in [-0.3, -0.25) is 10.4 Å². The average Bonchev–Trinajstić information content (AvgIpc) is 2.54. The lowest BCUT2D eigenvalue weighted by Crippen LogP contribution is -2.20. The number of nitrogens with two attached hydrogens (primary N) is 1. The van der Waals surface area contributed by atoms with Gasteiger partial charge in [0.05, 0.1) is 11.4 Å². The fraction of sp³-hybridized carbons (Fsp3) is 0.556. The summed E-state index contributed by atoms with van der Waals surface area (Å²) in [6, 6.07) is 3.52. The monoisotopic (exact) mass is 341 g/mol. The van der Waals surface area contributed by atoms with Crippen molar-refractivity contribution < 1.29 is 13.2 Å². The Bertz CT molecular complexity index is 565. The van der Waals surface area contributed by atoms with Gasteiger partial charge in [0.25, 0.3) is 0 Å². The van der Waals surface area contributed by atoms with E-state index < -0.39 is 11.9 Å². The Morgan fingerprint density at radius 3 is 2.62 bits per heavy atom. The number of nitrogens with zero attached hydrogens (tertiary/aromatic N) is 1. The second kappa shape index (κ2) is 9.45. The van der Waals surface area contributed by atoms with E-state index in [1.165, 1.54) is 25.5 Å². The Morgan fingerprint density at radius 1 is 1.33 bits per heavy atom. The first kappa shape index (κ1) is 20.2. The number of unbranched alkanes of at least 4 members (excludes halogenated alkanes) is 1. The molecule has 3 N–H and O–H groups in total. The molecule has 1 aromatic rings. The highest BCUT2D eigenvalue weighted by Crippen LogP contribution is 2.22. The largest absolute Gasteiger partial charge is 0.430 e. The van der Waals surface area contributed by atoms with Crippen LogP contribution in [0.5, 0.6) is 0 Å². The number of aryl methyl sites for hydroxylation is 1. The van der Waals surface area contributed by atoms with Gasteiger partial charge in [-0.1, -0.05) is 39.5 Å². The Morgan fingerprint density at radius 2 is 2.04 bits per heavy atom. The molecule has 1 rings (SSSR count). The minimum Gasteiger partial charge on any atom is -0.395 e. The summed E-state index contributed by atoms with van der Waals surface area (Å²) in [5, 5.41) is 7.76. The van der Waals surface area contributed by atoms with Crippen molar-refractivity contribution >= 4 is 5.71 Å². The minimum atomic E-state index is -4.63. The van der Waals surface area contributed by atoms with E-state index in [0.29, 0.717) is 12.0 Å². The summed E-state index contributed by atoms with van der Waals surface area (Å²) in [6.45, 7) is 4.35. The van der Waals surface area contributed by atoms with Crippen molar-refractivity contribution in [2.75, 3.05) is 0 Å². The molecule has 0 fully saturated rings. The van der Waals surface area contributed by atoms with E-state index in [2.05, 4.69) is 18.8 Å². The quantitative estimate of drug-likeness (QED) is 0.621. The van der Waals surface area contributed by atoms with Crippen LogP contribution >= 0.6 is 0 Å². The lowest BCUT2D eigenvalue weighted by Gasteiger charge is -2.14. The Balaban J connectivity index is 2.74. The zero-order valence-corrected chi connectivity index (χ0v) is 14.3. The molecular formula is C18H26F3N3. The maximum Gasteiger partial charge on any atom is 0.430 e. The summed E-state index contributed by atoms with van der Waals surface area (Å²) in [5.74, 6) is 0.654. The average molecular weight is 341 g/mol. The molecule has 1 heterocycles. The molecule has 0 spiro atoms. The van der Waals surface area contributed by atoms with Crippen LogP contribution in [0.2, 0.25) is 0 Å². The van der Waals surface area contributed by atoms with E-state index in [4.69, 9.17) is 11.1 Å². The Labute approximate surface area is 141 Å². The summed E-state index contributed by atoms with van der Waals surface area (Å²) < 4.78 is 37.3. The van der Waals surface area contributed by atoms with Crippen molar-refractivity contribution in [3.8, 4) is 0 Å². The first-order valence-electron chi connectivity index (χ1n) is 8.36. The summed E-state index contributed by atoms with van der Waals surface area (Å²) in [4.78, 5) is 3.98. The lowest BCUT2D eigenvalue weighted by molar-refractivity contribution is -0.0925. The number of rotatable bonds is 9. The van der Waals surface area contributed by atoms with Gasteiger partial charge in [-0.25, -0.2) is 0 Å². The first-order valence-corrected chi connectivity index (χ1v) is 8.36. The maximum atomic E-state index is 12.4. The van der Waals surface area contributed by atoms with E-state index in [9.17, 15) is 13.2 Å². The van der Waals surface area contributed by atoms with Gasteiger partial charge in [0.2, 0.25) is 0 Å². The zero-order chi connectivity index (χ0) is 18.2. The summed E-state index contributed by atoms with van der Waals surface area (Å²) in [6.07, 6.45) is 4.11. The van der Waals surface area contributed by atoms with E-state index in [1.807, 2.05) is 6.07 Å². The fourth-order valence-corrected chi connectivity index (χ4v) is 2.50. The maximum absolute atomic E-state index is 12.4. The molecule has 0 saturated carbocycles. The molecular weight excluding hydrogens is 315 g/mol. The predicted octanol–water partition coefficient (Wildman–Crippen LogP) is 5.00. The Hall–Kier alpha value is -1.85. The van der Waals surface area contributed by atoms with Crippen molar-refractivity contribution in [3.05, 3.63) is 41.4 Å². The Kier molecular flexibility index (Phi) is 7.95. The number of aromatic nitrogens is 1. The third kappa shape index (κ3) is 6.72. The predicted molar refractivity (Wildman–Crippen MR) is 91.0 cm³/mol. The van der Waals surface area contributed by atoms with Gasteiger partial charge in [-0.05, 0) is 42.5 Å². The SMILES string of the molecule is CCCCC(CC)CCc1ccnc(C(=N)C=C(N)C(F)(F)F)c1. The molecule has 0 aliphatic carbocycles. The number of allylic oxidation sites excluding steroid dienone is 2. The van der Waals surface area contributed by atoms with Crippen LogP contribution in [-0.4, -0.2) is 16.9 Å². The second-order valence-electron chi connectivity index (χ2n) is 6.02. The van der Waals surface area contributed by atoms with E-state index >= 15 is 0 Å². The third-order valence-electron chi connectivity index (χ3n) is 4.11. The van der Waals surface area contributed by atoms with Crippen molar-refractivity contribution in [1.82, 2.24) is 4.98 Å². The van der Waals surface area contributed by atoms with Gasteiger partial charge in [0.15, 0.2) is 0 Å². The van der Waals surface area contributed by atoms with Crippen LogP contribution in [0.3, 0.4) is 0 Å². The molecule has 1 aromatic heterocycles. The van der Waals surface area contributed by atoms with Gasteiger partial charge in [-0.2, -0.15) is 13.2 Å². The number of halogens is 3. The lowest BCUT2D eigenvalue weighted by atomic mass is 9.92. The van der Waals surface area contributed by atoms with Gasteiger partial charge in [0, 0.05) is 6.20 Å². The van der Waals surface area contributed by atoms with Crippen LogP contribution in [0.25, 0.3) is 0 Å². The summed E-state index contributed by atoms with van der Waals surface area (Å²) in [5.41, 5.74) is 4.54. The molecule has 0 aliphatic heterocycles. The van der Waals surface area contributed by atoms with E-state index in [0.717, 1.165) is 24.8 Å². The van der Waals surface area contributed by atoms with Crippen LogP contribution in [0.4, 0.5) is 13.2 Å². The molecule has 24 heavy (non-hydrogen) atoms. The zero-order valence-electron chi connectivity index (χ0n) is 14.3. The van der Waals surface area contributed by atoms with E-state index in [1.54, 1.807) is 6.07 Å². The van der Waals surface area contributed by atoms with Crippen molar-refractivity contribution in [3.63, 3.8) is 0 Å². The summed E-state index contributed by atoms with van der Waals surface area (Å²) >= 11 is 0. The van der Waals surface area contributed by atoms with Crippen LogP contribution in [0.1, 0.15) is 57.2 Å². The molecule has 134 valence electrons. The molecule has 1 atom stereocenters. The van der Waals surface area contributed by atoms with Crippen LogP contribution in [-0.2, 0) is 6.42 Å². The normalized spacial score (nSPS) is 13.8. The van der Waals surface area contributed by atoms with Gasteiger partial charge in [0.1, 0.15) is 5.70 Å². The van der Waals surface area contributed by atoms with E-state index in [-0.39, 0.29) is 11.4 Å². The van der Waals surface area contributed by atoms with Crippen LogP contribution < -0.4 is 5.73 Å². The summed E-state index contributed by atoms with van der Waals surface area (Å²) in [7, 11) is 0. The topological polar surface area (TPSA) is 62.8 Å². The van der Waals surface area contributed by atoms with Gasteiger partial charge < -0.3 is 5.73 Å². The molecule has 0 aromatic carbocycles. The number of alkyl halides is 3. The number of pyridine rings is 1. The van der Waals surface area contributed by atoms with Gasteiger partial charge in [-0.15, -0.1) is 0 Å². The molecule has 3 nitrogen and oxygen atoms in total. The molecule has 0 saturated heterocycles. The molecule has 0 aliphatic rings. The smallest absolute Gasteiger partial charge is 0.395 e. The van der Waals surface area contributed by atoms with Crippen molar-refractivity contribution in [2.45, 2.75) is 58.5 Å². The number of nitrogens with one attached hydrogen (secondary N) is 1. The first-order chi connectivity index (χ1) is 11.3. The van der Waals surface area contributed by atoms with Crippen molar-refractivity contribution in [2.24, 2.45) is 11.7 Å². The molecule has 0 amide bonds. The highest BCUT2D eigenvalue weighted by molar-refractivity contribution is 6.05. The second-order valence-corrected chi connectivity index (χ2v) is 6.02. The molecule has 0 radical (unpaired) electrons. The van der Waals surface area contributed by atoms with Crippen LogP contribution in [0.15, 0.2) is 30.1 Å². The molecule has 1 unspecified atom stereocenters. The van der Waals surface area contributed by atoms with Gasteiger partial charge >= 0.3 is 6.18 Å². The minimum absolute atomic E-state index is 0.210. The number of hydrogen-bond acceptors (Lipinski definition) is 3. The van der Waals surface area contributed by atoms with Crippen molar-refractivity contribution in [1.29, 1.82) is 5.41 Å². The molecule has 6 heteroatoms. The highest BCUT2D eigenvalue weighted by atomic mass is 19.4.